The Morgan fingerprint density at radius 1 is 1.14 bits per heavy atom. The average molecular weight is 410 g/mol. The molecule has 0 aliphatic carbocycles. The Morgan fingerprint density at radius 3 is 2.76 bits per heavy atom. The van der Waals surface area contributed by atoms with Crippen molar-refractivity contribution in [3.8, 4) is 11.5 Å². The highest BCUT2D eigenvalue weighted by Crippen LogP contribution is 2.32. The van der Waals surface area contributed by atoms with Crippen molar-refractivity contribution in [1.29, 1.82) is 0 Å². The molecule has 1 aromatic heterocycles. The molecular weight excluding hydrogens is 389 g/mol. The normalized spacial score (nSPS) is 13.3. The number of nitrogens with zero attached hydrogens (tertiary/aromatic N) is 3. The van der Waals surface area contributed by atoms with Crippen LogP contribution >= 0.6 is 0 Å². The fourth-order valence-corrected chi connectivity index (χ4v) is 2.51. The van der Waals surface area contributed by atoms with Gasteiger partial charge in [0.05, 0.1) is 6.54 Å². The van der Waals surface area contributed by atoms with Gasteiger partial charge in [-0.05, 0) is 30.7 Å². The van der Waals surface area contributed by atoms with E-state index in [2.05, 4.69) is 30.9 Å². The minimum atomic E-state index is -4.50. The molecule has 1 aromatic carbocycles. The van der Waals surface area contributed by atoms with E-state index in [1.807, 2.05) is 25.1 Å². The molecule has 0 amide bonds. The van der Waals surface area contributed by atoms with Gasteiger partial charge in [0.2, 0.25) is 12.7 Å². The molecule has 0 fully saturated rings. The van der Waals surface area contributed by atoms with Crippen LogP contribution in [0.15, 0.2) is 35.5 Å². The van der Waals surface area contributed by atoms with Crippen LogP contribution < -0.4 is 25.4 Å². The number of hydrogen-bond donors (Lipinski definition) is 3. The van der Waals surface area contributed by atoms with E-state index in [1.54, 1.807) is 0 Å². The summed E-state index contributed by atoms with van der Waals surface area (Å²) in [6, 6.07) is 6.46. The molecule has 156 valence electrons. The molecule has 0 bridgehead atoms. The zero-order chi connectivity index (χ0) is 20.7. The van der Waals surface area contributed by atoms with Crippen molar-refractivity contribution in [1.82, 2.24) is 20.6 Å². The van der Waals surface area contributed by atoms with Crippen LogP contribution in [0.4, 0.5) is 19.1 Å². The number of fused-ring (bicyclic) bond motifs is 1. The molecule has 0 unspecified atom stereocenters. The lowest BCUT2D eigenvalue weighted by atomic mass is 10.2. The Labute approximate surface area is 165 Å². The first kappa shape index (κ1) is 20.5. The molecule has 1 aliphatic heterocycles. The lowest BCUT2D eigenvalue weighted by Gasteiger charge is -2.12. The topological polar surface area (TPSA) is 92.7 Å². The molecule has 0 spiro atoms. The summed E-state index contributed by atoms with van der Waals surface area (Å²) in [6.45, 7) is 3.97. The van der Waals surface area contributed by atoms with Gasteiger partial charge in [0.25, 0.3) is 0 Å². The van der Waals surface area contributed by atoms with Gasteiger partial charge in [-0.15, -0.1) is 0 Å². The van der Waals surface area contributed by atoms with Crippen LogP contribution in [0.2, 0.25) is 0 Å². The molecule has 29 heavy (non-hydrogen) atoms. The first-order valence-corrected chi connectivity index (χ1v) is 9.00. The Hall–Kier alpha value is -3.24. The highest BCUT2D eigenvalue weighted by Gasteiger charge is 2.32. The maximum atomic E-state index is 12.7. The van der Waals surface area contributed by atoms with Crippen molar-refractivity contribution < 1.29 is 22.6 Å². The summed E-state index contributed by atoms with van der Waals surface area (Å²) in [5.74, 6) is 1.91. The quantitative estimate of drug-likeness (QED) is 0.367. The van der Waals surface area contributed by atoms with E-state index in [0.717, 1.165) is 17.8 Å². The Bertz CT molecular complexity index is 860. The van der Waals surface area contributed by atoms with E-state index in [0.29, 0.717) is 43.6 Å². The second-order valence-corrected chi connectivity index (χ2v) is 6.00. The standard InChI is InChI=1S/C18H21F3N6O2/c1-2-22-16(26-10-12-3-4-13-14(9-12)29-11-28-13)24-7-8-25-17-23-6-5-15(27-17)18(19,20)21/h3-6,9H,2,7-8,10-11H2,1H3,(H2,22,24,26)(H,23,25,27). The van der Waals surface area contributed by atoms with Crippen molar-refractivity contribution >= 4 is 11.9 Å². The maximum absolute atomic E-state index is 12.7. The van der Waals surface area contributed by atoms with E-state index < -0.39 is 11.9 Å². The van der Waals surface area contributed by atoms with Gasteiger partial charge in [-0.1, -0.05) is 6.07 Å². The van der Waals surface area contributed by atoms with Gasteiger partial charge in [0.15, 0.2) is 17.5 Å². The van der Waals surface area contributed by atoms with Crippen molar-refractivity contribution in [2.75, 3.05) is 31.7 Å². The average Bonchev–Trinajstić information content (AvgIpc) is 3.16. The first-order valence-electron chi connectivity index (χ1n) is 9.00. The predicted octanol–water partition coefficient (Wildman–Crippen LogP) is 2.39. The molecule has 3 N–H and O–H groups in total. The molecule has 2 aromatic rings. The minimum absolute atomic E-state index is 0.0797. The molecule has 0 saturated carbocycles. The van der Waals surface area contributed by atoms with E-state index in [1.165, 1.54) is 0 Å². The lowest BCUT2D eigenvalue weighted by Crippen LogP contribution is -2.39. The lowest BCUT2D eigenvalue weighted by molar-refractivity contribution is -0.141. The summed E-state index contributed by atoms with van der Waals surface area (Å²) in [7, 11) is 0. The molecule has 0 radical (unpaired) electrons. The summed E-state index contributed by atoms with van der Waals surface area (Å²) < 4.78 is 48.7. The number of halogens is 3. The van der Waals surface area contributed by atoms with Crippen LogP contribution in [0.1, 0.15) is 18.2 Å². The fourth-order valence-electron chi connectivity index (χ4n) is 2.51. The number of anilines is 1. The smallest absolute Gasteiger partial charge is 0.433 e. The van der Waals surface area contributed by atoms with Gasteiger partial charge >= 0.3 is 6.18 Å². The van der Waals surface area contributed by atoms with Crippen LogP contribution in [0.3, 0.4) is 0 Å². The SMILES string of the molecule is CCNC(=NCc1ccc2c(c1)OCO2)NCCNc1nccc(C(F)(F)F)n1. The molecule has 8 nitrogen and oxygen atoms in total. The van der Waals surface area contributed by atoms with Gasteiger partial charge in [-0.2, -0.15) is 13.2 Å². The molecule has 3 rings (SSSR count). The van der Waals surface area contributed by atoms with Gasteiger partial charge in [0.1, 0.15) is 5.69 Å². The number of alkyl halides is 3. The molecule has 0 atom stereocenters. The predicted molar refractivity (Wildman–Crippen MR) is 101 cm³/mol. The van der Waals surface area contributed by atoms with Gasteiger partial charge in [-0.3, -0.25) is 0 Å². The fraction of sp³-hybridized carbons (Fsp3) is 0.389. The number of aliphatic imine (C=N–C) groups is 1. The Kier molecular flexibility index (Phi) is 6.57. The van der Waals surface area contributed by atoms with Crippen molar-refractivity contribution in [3.63, 3.8) is 0 Å². The summed E-state index contributed by atoms with van der Waals surface area (Å²) >= 11 is 0. The monoisotopic (exact) mass is 410 g/mol. The van der Waals surface area contributed by atoms with Gasteiger partial charge in [0, 0.05) is 25.8 Å². The number of benzene rings is 1. The van der Waals surface area contributed by atoms with Crippen molar-refractivity contribution in [2.45, 2.75) is 19.6 Å². The third-order valence-corrected chi connectivity index (χ3v) is 3.85. The van der Waals surface area contributed by atoms with E-state index in [-0.39, 0.29) is 12.7 Å². The van der Waals surface area contributed by atoms with Crippen LogP contribution in [0.25, 0.3) is 0 Å². The summed E-state index contributed by atoms with van der Waals surface area (Å²) in [5, 5.41) is 8.97. The minimum Gasteiger partial charge on any atom is -0.454 e. The largest absolute Gasteiger partial charge is 0.454 e. The van der Waals surface area contributed by atoms with E-state index in [4.69, 9.17) is 9.47 Å². The van der Waals surface area contributed by atoms with E-state index in [9.17, 15) is 13.2 Å². The van der Waals surface area contributed by atoms with Crippen LogP contribution in [-0.2, 0) is 12.7 Å². The second-order valence-electron chi connectivity index (χ2n) is 6.00. The van der Waals surface area contributed by atoms with Crippen LogP contribution in [-0.4, -0.2) is 42.4 Å². The third kappa shape index (κ3) is 5.87. The number of guanidine groups is 1. The molecule has 1 aliphatic rings. The van der Waals surface area contributed by atoms with Crippen molar-refractivity contribution in [2.24, 2.45) is 4.99 Å². The summed E-state index contributed by atoms with van der Waals surface area (Å²) in [4.78, 5) is 11.7. The zero-order valence-electron chi connectivity index (χ0n) is 15.7. The number of aromatic nitrogens is 2. The van der Waals surface area contributed by atoms with Crippen LogP contribution in [0.5, 0.6) is 11.5 Å². The number of rotatable bonds is 7. The highest BCUT2D eigenvalue weighted by atomic mass is 19.4. The third-order valence-electron chi connectivity index (χ3n) is 3.85. The number of ether oxygens (including phenoxy) is 2. The molecule has 11 heteroatoms. The first-order chi connectivity index (χ1) is 14.0. The Morgan fingerprint density at radius 2 is 1.97 bits per heavy atom. The van der Waals surface area contributed by atoms with Crippen molar-refractivity contribution in [3.05, 3.63) is 41.7 Å². The highest BCUT2D eigenvalue weighted by molar-refractivity contribution is 5.79. The summed E-state index contributed by atoms with van der Waals surface area (Å²) in [6.07, 6.45) is -3.43. The molecular formula is C18H21F3N6O2. The van der Waals surface area contributed by atoms with Crippen LogP contribution in [0, 0.1) is 0 Å². The van der Waals surface area contributed by atoms with E-state index >= 15 is 0 Å². The molecule has 0 saturated heterocycles. The number of hydrogen-bond acceptors (Lipinski definition) is 6. The zero-order valence-corrected chi connectivity index (χ0v) is 15.7. The second kappa shape index (κ2) is 9.30. The number of nitrogens with one attached hydrogen (secondary N) is 3. The molecule has 2 heterocycles. The maximum Gasteiger partial charge on any atom is 0.433 e. The van der Waals surface area contributed by atoms with Gasteiger partial charge in [-0.25, -0.2) is 15.0 Å². The van der Waals surface area contributed by atoms with Gasteiger partial charge < -0.3 is 25.4 Å². The Balaban J connectivity index is 1.50. The summed E-state index contributed by atoms with van der Waals surface area (Å²) in [5.41, 5.74) is -0.0245.